The van der Waals surface area contributed by atoms with Crippen LogP contribution < -0.4 is 19.5 Å². The fourth-order valence-corrected chi connectivity index (χ4v) is 6.11. The first-order chi connectivity index (χ1) is 19.6. The summed E-state index contributed by atoms with van der Waals surface area (Å²) < 4.78 is 46.7. The van der Waals surface area contributed by atoms with Crippen molar-refractivity contribution in [2.45, 2.75) is 50.3 Å². The molecule has 13 heteroatoms. The van der Waals surface area contributed by atoms with Gasteiger partial charge in [0.15, 0.2) is 11.5 Å². The molecular weight excluding hydrogens is 552 g/mol. The van der Waals surface area contributed by atoms with Crippen LogP contribution in [0.5, 0.6) is 17.2 Å². The first-order valence-corrected chi connectivity index (χ1v) is 14.8. The quantitative estimate of drug-likeness (QED) is 0.228. The number of rotatable bonds is 15. The van der Waals surface area contributed by atoms with Crippen molar-refractivity contribution in [3.05, 3.63) is 66.7 Å². The van der Waals surface area contributed by atoms with Crippen molar-refractivity contribution in [1.82, 2.24) is 19.2 Å². The second kappa shape index (κ2) is 13.7. The van der Waals surface area contributed by atoms with Crippen LogP contribution in [0.15, 0.2) is 66.1 Å². The maximum atomic E-state index is 13.6. The van der Waals surface area contributed by atoms with Crippen molar-refractivity contribution >= 4 is 16.1 Å². The molecule has 2 atom stereocenters. The van der Waals surface area contributed by atoms with Gasteiger partial charge < -0.3 is 34.3 Å². The Morgan fingerprint density at radius 2 is 1.90 bits per heavy atom. The SMILES string of the molecule is CC(C)CN(C[C@H](O)[C@H](Cc1ccc(OCCCn2ccnc2)cc1)NC(=O)O)S(=O)(=O)c1ccc2c(c1)OCO2. The maximum Gasteiger partial charge on any atom is 0.404 e. The lowest BCUT2D eigenvalue weighted by molar-refractivity contribution is 0.0980. The molecule has 0 aliphatic carbocycles. The van der Waals surface area contributed by atoms with E-state index in [1.165, 1.54) is 22.5 Å². The second-order valence-electron chi connectivity index (χ2n) is 10.2. The van der Waals surface area contributed by atoms with E-state index >= 15 is 0 Å². The topological polar surface area (TPSA) is 152 Å². The number of carboxylic acid groups (broad SMARTS) is 1. The number of imidazole rings is 1. The smallest absolute Gasteiger partial charge is 0.404 e. The molecule has 0 fully saturated rings. The van der Waals surface area contributed by atoms with Gasteiger partial charge in [-0.25, -0.2) is 18.2 Å². The molecule has 1 aliphatic heterocycles. The predicted molar refractivity (Wildman–Crippen MR) is 150 cm³/mol. The molecule has 1 amide bonds. The van der Waals surface area contributed by atoms with Crippen LogP contribution in [0.25, 0.3) is 0 Å². The van der Waals surface area contributed by atoms with E-state index in [1.54, 1.807) is 36.8 Å². The number of sulfonamides is 1. The highest BCUT2D eigenvalue weighted by atomic mass is 32.2. The highest BCUT2D eigenvalue weighted by molar-refractivity contribution is 7.89. The highest BCUT2D eigenvalue weighted by Crippen LogP contribution is 2.35. The third kappa shape index (κ3) is 8.35. The zero-order valence-corrected chi connectivity index (χ0v) is 23.9. The van der Waals surface area contributed by atoms with Crippen LogP contribution in [0, 0.1) is 5.92 Å². The third-order valence-corrected chi connectivity index (χ3v) is 8.31. The number of nitrogens with one attached hydrogen (secondary N) is 1. The van der Waals surface area contributed by atoms with Crippen LogP contribution in [0.2, 0.25) is 0 Å². The van der Waals surface area contributed by atoms with E-state index in [-0.39, 0.29) is 37.1 Å². The number of ether oxygens (including phenoxy) is 3. The van der Waals surface area contributed by atoms with E-state index in [4.69, 9.17) is 14.2 Å². The van der Waals surface area contributed by atoms with E-state index in [9.17, 15) is 23.4 Å². The van der Waals surface area contributed by atoms with Crippen molar-refractivity contribution in [3.63, 3.8) is 0 Å². The van der Waals surface area contributed by atoms with Gasteiger partial charge in [-0.1, -0.05) is 26.0 Å². The Morgan fingerprint density at radius 1 is 1.15 bits per heavy atom. The van der Waals surface area contributed by atoms with Crippen LogP contribution in [-0.4, -0.2) is 77.2 Å². The Hall–Kier alpha value is -3.81. The number of amides is 1. The zero-order valence-electron chi connectivity index (χ0n) is 23.0. The standard InChI is InChI=1S/C28H36N4O8S/c1-20(2)16-32(41(36,37)23-8-9-26-27(15-23)40-19-39-26)17-25(33)24(30-28(34)35)14-21-4-6-22(7-5-21)38-13-3-11-31-12-10-29-18-31/h4-10,12,15,18,20,24-25,30,33H,3,11,13-14,16-17,19H2,1-2H3,(H,34,35)/t24-,25-/m0/s1. The monoisotopic (exact) mass is 588 g/mol. The molecule has 3 aromatic rings. The minimum atomic E-state index is -4.04. The van der Waals surface area contributed by atoms with Crippen molar-refractivity contribution in [3.8, 4) is 17.2 Å². The van der Waals surface area contributed by atoms with Crippen molar-refractivity contribution in [2.75, 3.05) is 26.5 Å². The number of aryl methyl sites for hydroxylation is 1. The molecule has 4 rings (SSSR count). The lowest BCUT2D eigenvalue weighted by atomic mass is 10.0. The minimum absolute atomic E-state index is 0.00189. The van der Waals surface area contributed by atoms with Gasteiger partial charge in [-0.15, -0.1) is 0 Å². The molecule has 12 nitrogen and oxygen atoms in total. The van der Waals surface area contributed by atoms with Crippen LogP contribution in [0.1, 0.15) is 25.8 Å². The molecule has 1 aliphatic rings. The second-order valence-corrected chi connectivity index (χ2v) is 12.1. The van der Waals surface area contributed by atoms with E-state index in [0.29, 0.717) is 23.9 Å². The summed E-state index contributed by atoms with van der Waals surface area (Å²) in [7, 11) is -4.04. The molecule has 222 valence electrons. The molecule has 2 heterocycles. The van der Waals surface area contributed by atoms with Gasteiger partial charge in [0.05, 0.1) is 30.0 Å². The average Bonchev–Trinajstić information content (AvgIpc) is 3.62. The first kappa shape index (κ1) is 30.2. The number of hydrogen-bond donors (Lipinski definition) is 3. The normalized spacial score (nSPS) is 14.3. The van der Waals surface area contributed by atoms with Gasteiger partial charge in [0.2, 0.25) is 16.8 Å². The van der Waals surface area contributed by atoms with Crippen molar-refractivity contribution in [2.24, 2.45) is 5.92 Å². The molecule has 2 aromatic carbocycles. The molecular formula is C28H36N4O8S. The fourth-order valence-electron chi connectivity index (χ4n) is 4.47. The van der Waals surface area contributed by atoms with Crippen LogP contribution in [0.3, 0.4) is 0 Å². The first-order valence-electron chi connectivity index (χ1n) is 13.4. The summed E-state index contributed by atoms with van der Waals surface area (Å²) in [5, 5.41) is 22.9. The summed E-state index contributed by atoms with van der Waals surface area (Å²) in [5.41, 5.74) is 0.752. The average molecular weight is 589 g/mol. The summed E-state index contributed by atoms with van der Waals surface area (Å²) in [6.45, 7) is 4.86. The number of nitrogens with zero attached hydrogens (tertiary/aromatic N) is 3. The third-order valence-electron chi connectivity index (χ3n) is 6.48. The molecule has 41 heavy (non-hydrogen) atoms. The Labute approximate surface area is 239 Å². The minimum Gasteiger partial charge on any atom is -0.494 e. The van der Waals surface area contributed by atoms with Crippen LogP contribution >= 0.6 is 0 Å². The van der Waals surface area contributed by atoms with Gasteiger partial charge in [0, 0.05) is 38.1 Å². The van der Waals surface area contributed by atoms with Gasteiger partial charge in [-0.2, -0.15) is 4.31 Å². The summed E-state index contributed by atoms with van der Waals surface area (Å²) >= 11 is 0. The molecule has 0 radical (unpaired) electrons. The van der Waals surface area contributed by atoms with Gasteiger partial charge in [0.25, 0.3) is 0 Å². The number of fused-ring (bicyclic) bond motifs is 1. The summed E-state index contributed by atoms with van der Waals surface area (Å²) in [6.07, 6.45) is 3.67. The van der Waals surface area contributed by atoms with E-state index in [1.807, 2.05) is 24.6 Å². The molecule has 0 saturated heterocycles. The lowest BCUT2D eigenvalue weighted by Crippen LogP contribution is -2.50. The Balaban J connectivity index is 1.41. The lowest BCUT2D eigenvalue weighted by Gasteiger charge is -2.30. The summed E-state index contributed by atoms with van der Waals surface area (Å²) in [4.78, 5) is 15.6. The molecule has 0 bridgehead atoms. The number of hydrogen-bond acceptors (Lipinski definition) is 8. The number of aromatic nitrogens is 2. The number of carbonyl (C=O) groups is 1. The van der Waals surface area contributed by atoms with Gasteiger partial charge >= 0.3 is 6.09 Å². The predicted octanol–water partition coefficient (Wildman–Crippen LogP) is 2.97. The number of aliphatic hydroxyl groups is 1. The highest BCUT2D eigenvalue weighted by Gasteiger charge is 2.32. The van der Waals surface area contributed by atoms with E-state index < -0.39 is 28.3 Å². The molecule has 0 saturated carbocycles. The number of aliphatic hydroxyl groups excluding tert-OH is 1. The van der Waals surface area contributed by atoms with Crippen molar-refractivity contribution < 1.29 is 37.6 Å². The molecule has 0 spiro atoms. The molecule has 0 unspecified atom stereocenters. The van der Waals surface area contributed by atoms with E-state index in [2.05, 4.69) is 10.3 Å². The summed E-state index contributed by atoms with van der Waals surface area (Å²) in [5.74, 6) is 1.40. The number of benzene rings is 2. The zero-order chi connectivity index (χ0) is 29.4. The van der Waals surface area contributed by atoms with Gasteiger partial charge in [-0.05, 0) is 48.6 Å². The van der Waals surface area contributed by atoms with Gasteiger partial charge in [-0.3, -0.25) is 0 Å². The van der Waals surface area contributed by atoms with Gasteiger partial charge in [0.1, 0.15) is 5.75 Å². The Kier molecular flexibility index (Phi) is 10.1. The fraction of sp³-hybridized carbons (Fsp3) is 0.429. The van der Waals surface area contributed by atoms with Crippen LogP contribution in [-0.2, 0) is 23.0 Å². The molecule has 1 aromatic heterocycles. The largest absolute Gasteiger partial charge is 0.494 e. The summed E-state index contributed by atoms with van der Waals surface area (Å²) in [6, 6.07) is 10.5. The van der Waals surface area contributed by atoms with E-state index in [0.717, 1.165) is 18.5 Å². The molecule has 3 N–H and O–H groups in total. The maximum absolute atomic E-state index is 13.6. The van der Waals surface area contributed by atoms with Crippen LogP contribution in [0.4, 0.5) is 4.79 Å². The Morgan fingerprint density at radius 3 is 2.59 bits per heavy atom. The van der Waals surface area contributed by atoms with Crippen molar-refractivity contribution in [1.29, 1.82) is 0 Å². The Bertz CT molecular complexity index is 1380.